The zero-order valence-corrected chi connectivity index (χ0v) is 13.4. The second kappa shape index (κ2) is 8.36. The van der Waals surface area contributed by atoms with E-state index in [1.807, 2.05) is 0 Å². The van der Waals surface area contributed by atoms with Crippen LogP contribution in [0.25, 0.3) is 0 Å². The molecular weight excluding hydrogens is 298 g/mol. The highest BCUT2D eigenvalue weighted by Gasteiger charge is 2.28. The molecule has 1 aliphatic rings. The lowest BCUT2D eigenvalue weighted by atomic mass is 10.2. The van der Waals surface area contributed by atoms with Crippen LogP contribution in [-0.2, 0) is 9.59 Å². The lowest BCUT2D eigenvalue weighted by Gasteiger charge is -2.33. The van der Waals surface area contributed by atoms with E-state index >= 15 is 0 Å². The standard InChI is InChI=1S/C16H23N3O4/c1-2-3-4-7-17-14(20)16(22)19-10-8-18(9-11-19)15(21)13-6-5-12-23-13/h5-6,12H,2-4,7-11H2,1H3,(H,17,20). The van der Waals surface area contributed by atoms with Gasteiger partial charge in [-0.3, -0.25) is 14.4 Å². The maximum absolute atomic E-state index is 12.1. The van der Waals surface area contributed by atoms with Crippen molar-refractivity contribution in [3.05, 3.63) is 24.2 Å². The number of unbranched alkanes of at least 4 members (excludes halogenated alkanes) is 2. The second-order valence-corrected chi connectivity index (χ2v) is 5.52. The summed E-state index contributed by atoms with van der Waals surface area (Å²) in [5.41, 5.74) is 0. The minimum Gasteiger partial charge on any atom is -0.459 e. The summed E-state index contributed by atoms with van der Waals surface area (Å²) < 4.78 is 5.09. The maximum atomic E-state index is 12.1. The van der Waals surface area contributed by atoms with E-state index in [0.717, 1.165) is 19.3 Å². The van der Waals surface area contributed by atoms with E-state index in [4.69, 9.17) is 4.42 Å². The van der Waals surface area contributed by atoms with E-state index in [1.165, 1.54) is 11.2 Å². The summed E-state index contributed by atoms with van der Waals surface area (Å²) in [6, 6.07) is 3.28. The number of hydrogen-bond donors (Lipinski definition) is 1. The van der Waals surface area contributed by atoms with Gasteiger partial charge in [-0.15, -0.1) is 0 Å². The molecule has 0 radical (unpaired) electrons. The number of carbonyl (C=O) groups excluding carboxylic acids is 3. The van der Waals surface area contributed by atoms with Gasteiger partial charge >= 0.3 is 11.8 Å². The van der Waals surface area contributed by atoms with Gasteiger partial charge in [-0.2, -0.15) is 0 Å². The van der Waals surface area contributed by atoms with Crippen LogP contribution in [0.1, 0.15) is 36.7 Å². The zero-order chi connectivity index (χ0) is 16.7. The van der Waals surface area contributed by atoms with Gasteiger partial charge in [0, 0.05) is 32.7 Å². The van der Waals surface area contributed by atoms with Gasteiger partial charge in [-0.05, 0) is 18.6 Å². The molecule has 1 saturated heterocycles. The van der Waals surface area contributed by atoms with Gasteiger partial charge in [0.05, 0.1) is 6.26 Å². The quantitative estimate of drug-likeness (QED) is 0.644. The molecular formula is C16H23N3O4. The molecule has 0 aliphatic carbocycles. The fourth-order valence-electron chi connectivity index (χ4n) is 2.46. The van der Waals surface area contributed by atoms with Crippen LogP contribution in [0.4, 0.5) is 0 Å². The molecule has 1 aromatic rings. The van der Waals surface area contributed by atoms with Crippen LogP contribution in [0.5, 0.6) is 0 Å². The van der Waals surface area contributed by atoms with Crippen molar-refractivity contribution in [3.63, 3.8) is 0 Å². The average Bonchev–Trinajstić information content (AvgIpc) is 3.12. The molecule has 2 rings (SSSR count). The molecule has 2 heterocycles. The predicted octanol–water partition coefficient (Wildman–Crippen LogP) is 0.870. The molecule has 1 aromatic heterocycles. The molecule has 0 bridgehead atoms. The molecule has 0 atom stereocenters. The topological polar surface area (TPSA) is 82.9 Å². The summed E-state index contributed by atoms with van der Waals surface area (Å²) in [6.45, 7) is 4.11. The summed E-state index contributed by atoms with van der Waals surface area (Å²) in [5.74, 6) is -0.983. The molecule has 1 aliphatic heterocycles. The van der Waals surface area contributed by atoms with Crippen LogP contribution in [0.2, 0.25) is 0 Å². The number of rotatable bonds is 5. The van der Waals surface area contributed by atoms with Gasteiger partial charge in [0.2, 0.25) is 0 Å². The normalized spacial score (nSPS) is 14.7. The van der Waals surface area contributed by atoms with E-state index < -0.39 is 11.8 Å². The highest BCUT2D eigenvalue weighted by Crippen LogP contribution is 2.09. The Morgan fingerprint density at radius 2 is 1.83 bits per heavy atom. The van der Waals surface area contributed by atoms with Crippen LogP contribution >= 0.6 is 0 Å². The molecule has 7 heteroatoms. The van der Waals surface area contributed by atoms with E-state index in [0.29, 0.717) is 38.5 Å². The van der Waals surface area contributed by atoms with Crippen molar-refractivity contribution in [2.45, 2.75) is 26.2 Å². The lowest BCUT2D eigenvalue weighted by molar-refractivity contribution is -0.146. The van der Waals surface area contributed by atoms with Gasteiger partial charge in [0.1, 0.15) is 0 Å². The third-order valence-electron chi connectivity index (χ3n) is 3.85. The molecule has 3 amide bonds. The van der Waals surface area contributed by atoms with E-state index in [9.17, 15) is 14.4 Å². The Morgan fingerprint density at radius 1 is 1.13 bits per heavy atom. The zero-order valence-electron chi connectivity index (χ0n) is 13.4. The fourth-order valence-corrected chi connectivity index (χ4v) is 2.46. The van der Waals surface area contributed by atoms with Crippen molar-refractivity contribution in [2.75, 3.05) is 32.7 Å². The average molecular weight is 321 g/mol. The summed E-state index contributed by atoms with van der Waals surface area (Å²) in [6.07, 6.45) is 4.42. The van der Waals surface area contributed by atoms with E-state index in [2.05, 4.69) is 12.2 Å². The number of hydrogen-bond acceptors (Lipinski definition) is 4. The van der Waals surface area contributed by atoms with Crippen LogP contribution in [-0.4, -0.2) is 60.2 Å². The Labute approximate surface area is 135 Å². The number of furan rings is 1. The Hall–Kier alpha value is -2.31. The summed E-state index contributed by atoms with van der Waals surface area (Å²) >= 11 is 0. The molecule has 7 nitrogen and oxygen atoms in total. The molecule has 1 fully saturated rings. The molecule has 0 saturated carbocycles. The lowest BCUT2D eigenvalue weighted by Crippen LogP contribution is -2.53. The Balaban J connectivity index is 1.76. The highest BCUT2D eigenvalue weighted by atomic mass is 16.3. The Kier molecular flexibility index (Phi) is 6.19. The molecule has 0 spiro atoms. The summed E-state index contributed by atoms with van der Waals surface area (Å²) in [7, 11) is 0. The van der Waals surface area contributed by atoms with Crippen LogP contribution in [0, 0.1) is 0 Å². The first-order valence-electron chi connectivity index (χ1n) is 8.03. The largest absolute Gasteiger partial charge is 0.459 e. The first-order valence-corrected chi connectivity index (χ1v) is 8.03. The molecule has 23 heavy (non-hydrogen) atoms. The van der Waals surface area contributed by atoms with Gasteiger partial charge in [-0.1, -0.05) is 19.8 Å². The monoisotopic (exact) mass is 321 g/mol. The smallest absolute Gasteiger partial charge is 0.312 e. The number of nitrogens with zero attached hydrogens (tertiary/aromatic N) is 2. The predicted molar refractivity (Wildman–Crippen MR) is 83.7 cm³/mol. The van der Waals surface area contributed by atoms with Crippen molar-refractivity contribution in [2.24, 2.45) is 0 Å². The van der Waals surface area contributed by atoms with Crippen LogP contribution < -0.4 is 5.32 Å². The van der Waals surface area contributed by atoms with Crippen LogP contribution in [0.3, 0.4) is 0 Å². The van der Waals surface area contributed by atoms with Gasteiger partial charge in [0.25, 0.3) is 5.91 Å². The van der Waals surface area contributed by atoms with Crippen molar-refractivity contribution in [1.29, 1.82) is 0 Å². The third-order valence-corrected chi connectivity index (χ3v) is 3.85. The number of nitrogens with one attached hydrogen (secondary N) is 1. The number of carbonyl (C=O) groups is 3. The van der Waals surface area contributed by atoms with Crippen molar-refractivity contribution in [3.8, 4) is 0 Å². The first-order chi connectivity index (χ1) is 11.1. The first kappa shape index (κ1) is 17.1. The van der Waals surface area contributed by atoms with Crippen molar-refractivity contribution < 1.29 is 18.8 Å². The fraction of sp³-hybridized carbons (Fsp3) is 0.562. The minimum absolute atomic E-state index is 0.189. The molecule has 1 N–H and O–H groups in total. The van der Waals surface area contributed by atoms with Gasteiger partial charge in [-0.25, -0.2) is 0 Å². The number of amides is 3. The van der Waals surface area contributed by atoms with Crippen molar-refractivity contribution >= 4 is 17.7 Å². The SMILES string of the molecule is CCCCCNC(=O)C(=O)N1CCN(C(=O)c2ccco2)CC1. The molecule has 126 valence electrons. The summed E-state index contributed by atoms with van der Waals surface area (Å²) in [5, 5.41) is 2.65. The van der Waals surface area contributed by atoms with Gasteiger partial charge < -0.3 is 19.5 Å². The highest BCUT2D eigenvalue weighted by molar-refractivity contribution is 6.35. The third kappa shape index (κ3) is 4.58. The maximum Gasteiger partial charge on any atom is 0.312 e. The van der Waals surface area contributed by atoms with E-state index in [1.54, 1.807) is 17.0 Å². The van der Waals surface area contributed by atoms with Crippen LogP contribution in [0.15, 0.2) is 22.8 Å². The Bertz CT molecular complexity index is 534. The minimum atomic E-state index is -0.563. The van der Waals surface area contributed by atoms with Crippen molar-refractivity contribution in [1.82, 2.24) is 15.1 Å². The van der Waals surface area contributed by atoms with Gasteiger partial charge in [0.15, 0.2) is 5.76 Å². The molecule has 0 aromatic carbocycles. The second-order valence-electron chi connectivity index (χ2n) is 5.52. The summed E-state index contributed by atoms with van der Waals surface area (Å²) in [4.78, 5) is 39.1. The Morgan fingerprint density at radius 3 is 2.43 bits per heavy atom. The van der Waals surface area contributed by atoms with E-state index in [-0.39, 0.29) is 5.91 Å². The molecule has 0 unspecified atom stereocenters. The number of piperazine rings is 1.